The van der Waals surface area contributed by atoms with Crippen molar-refractivity contribution in [3.63, 3.8) is 0 Å². The van der Waals surface area contributed by atoms with E-state index in [2.05, 4.69) is 15.3 Å². The van der Waals surface area contributed by atoms with Gasteiger partial charge in [-0.3, -0.25) is 9.78 Å². The Kier molecular flexibility index (Phi) is 3.90. The number of anilines is 1. The van der Waals surface area contributed by atoms with Gasteiger partial charge in [0.1, 0.15) is 5.60 Å². The van der Waals surface area contributed by atoms with Crippen LogP contribution >= 0.6 is 0 Å². The lowest BCUT2D eigenvalue weighted by atomic mass is 10.0. The predicted octanol–water partition coefficient (Wildman–Crippen LogP) is 2.52. The molecule has 0 unspecified atom stereocenters. The third-order valence-corrected chi connectivity index (χ3v) is 3.46. The summed E-state index contributed by atoms with van der Waals surface area (Å²) in [6, 6.07) is 5.72. The average Bonchev–Trinajstić information content (AvgIpc) is 2.82. The number of rotatable bonds is 4. The normalized spacial score (nSPS) is 14.7. The second-order valence-corrected chi connectivity index (χ2v) is 6.16. The Hall–Kier alpha value is -2.63. The van der Waals surface area contributed by atoms with Gasteiger partial charge >= 0.3 is 0 Å². The lowest BCUT2D eigenvalue weighted by molar-refractivity contribution is -0.118. The average molecular weight is 313 g/mol. The summed E-state index contributed by atoms with van der Waals surface area (Å²) in [6.45, 7) is 5.77. The zero-order valence-electron chi connectivity index (χ0n) is 13.4. The predicted molar refractivity (Wildman–Crippen MR) is 85.7 cm³/mol. The maximum Gasteiger partial charge on any atom is 0.263 e. The van der Waals surface area contributed by atoms with Crippen molar-refractivity contribution in [1.82, 2.24) is 9.97 Å². The van der Waals surface area contributed by atoms with Gasteiger partial charge in [-0.1, -0.05) is 12.1 Å². The number of carbonyl (C=O) groups excluding carboxylic acids is 1. The van der Waals surface area contributed by atoms with Crippen molar-refractivity contribution in [3.05, 3.63) is 41.9 Å². The fraction of sp³-hybridized carbons (Fsp3) is 0.353. The summed E-state index contributed by atoms with van der Waals surface area (Å²) in [5.74, 6) is 1.41. The molecule has 0 radical (unpaired) electrons. The second kappa shape index (κ2) is 5.87. The molecule has 2 heterocycles. The number of amides is 1. The maximum absolute atomic E-state index is 12.0. The Bertz CT molecular complexity index is 726. The molecule has 0 bridgehead atoms. The van der Waals surface area contributed by atoms with Crippen LogP contribution in [0.4, 0.5) is 5.82 Å². The van der Waals surface area contributed by atoms with E-state index in [1.807, 2.05) is 32.9 Å². The number of carbonyl (C=O) groups is 1. The van der Waals surface area contributed by atoms with Gasteiger partial charge in [0.15, 0.2) is 23.9 Å². The first-order valence-electron chi connectivity index (χ1n) is 7.45. The van der Waals surface area contributed by atoms with Crippen molar-refractivity contribution in [1.29, 1.82) is 0 Å². The smallest absolute Gasteiger partial charge is 0.263 e. The van der Waals surface area contributed by atoms with Crippen molar-refractivity contribution in [2.75, 3.05) is 11.9 Å². The van der Waals surface area contributed by atoms with Gasteiger partial charge < -0.3 is 14.8 Å². The quantitative estimate of drug-likeness (QED) is 0.939. The van der Waals surface area contributed by atoms with Crippen LogP contribution in [0.15, 0.2) is 30.6 Å². The van der Waals surface area contributed by atoms with Crippen LogP contribution in [0.2, 0.25) is 0 Å². The van der Waals surface area contributed by atoms with Crippen molar-refractivity contribution in [2.45, 2.75) is 32.8 Å². The number of hydrogen-bond acceptors (Lipinski definition) is 5. The molecular weight excluding hydrogens is 294 g/mol. The number of ether oxygens (including phenoxy) is 2. The number of para-hydroxylation sites is 1. The zero-order valence-corrected chi connectivity index (χ0v) is 13.4. The number of hydrogen-bond donors (Lipinski definition) is 1. The molecular formula is C17H19N3O3. The van der Waals surface area contributed by atoms with Gasteiger partial charge in [-0.15, -0.1) is 0 Å². The van der Waals surface area contributed by atoms with Crippen LogP contribution in [0.25, 0.3) is 0 Å². The van der Waals surface area contributed by atoms with E-state index in [1.165, 1.54) is 6.20 Å². The van der Waals surface area contributed by atoms with Gasteiger partial charge in [0.05, 0.1) is 18.1 Å². The summed E-state index contributed by atoms with van der Waals surface area (Å²) < 4.78 is 11.5. The van der Waals surface area contributed by atoms with Crippen LogP contribution in [0.1, 0.15) is 25.1 Å². The number of aryl methyl sites for hydroxylation is 1. The molecule has 0 atom stereocenters. The molecule has 120 valence electrons. The molecule has 3 rings (SSSR count). The molecule has 1 amide bonds. The topological polar surface area (TPSA) is 73.3 Å². The lowest BCUT2D eigenvalue weighted by Gasteiger charge is -2.18. The SMILES string of the molecule is Cc1cnc(NC(=O)COc2cccc3c2OC(C)(C)C3)cn1. The Morgan fingerprint density at radius 1 is 1.35 bits per heavy atom. The van der Waals surface area contributed by atoms with Crippen molar-refractivity contribution < 1.29 is 14.3 Å². The molecule has 6 heteroatoms. The van der Waals surface area contributed by atoms with Gasteiger partial charge in [0, 0.05) is 12.0 Å². The minimum absolute atomic E-state index is 0.115. The Balaban J connectivity index is 1.62. The van der Waals surface area contributed by atoms with E-state index >= 15 is 0 Å². The van der Waals surface area contributed by atoms with Gasteiger partial charge in [0.2, 0.25) is 0 Å². The highest BCUT2D eigenvalue weighted by Gasteiger charge is 2.32. The van der Waals surface area contributed by atoms with E-state index in [-0.39, 0.29) is 18.1 Å². The van der Waals surface area contributed by atoms with Crippen molar-refractivity contribution in [2.24, 2.45) is 0 Å². The van der Waals surface area contributed by atoms with Crippen molar-refractivity contribution >= 4 is 11.7 Å². The van der Waals surface area contributed by atoms with Crippen LogP contribution in [0.5, 0.6) is 11.5 Å². The van der Waals surface area contributed by atoms with E-state index in [4.69, 9.17) is 9.47 Å². The molecule has 1 aliphatic rings. The van der Waals surface area contributed by atoms with Crippen LogP contribution in [0, 0.1) is 6.92 Å². The molecule has 0 saturated carbocycles. The minimum atomic E-state index is -0.294. The van der Waals surface area contributed by atoms with Gasteiger partial charge in [-0.25, -0.2) is 4.98 Å². The third-order valence-electron chi connectivity index (χ3n) is 3.46. The monoisotopic (exact) mass is 313 g/mol. The van der Waals surface area contributed by atoms with Gasteiger partial charge in [-0.05, 0) is 26.8 Å². The van der Waals surface area contributed by atoms with E-state index in [1.54, 1.807) is 12.3 Å². The molecule has 0 aliphatic carbocycles. The second-order valence-electron chi connectivity index (χ2n) is 6.16. The standard InChI is InChI=1S/C17H19N3O3/c1-11-8-19-14(9-18-11)20-15(21)10-22-13-6-4-5-12-7-17(2,3)23-16(12)13/h4-6,8-9H,7,10H2,1-3H3,(H,19,20,21). The van der Waals surface area contributed by atoms with Crippen LogP contribution in [-0.2, 0) is 11.2 Å². The summed E-state index contributed by atoms with van der Waals surface area (Å²) >= 11 is 0. The highest BCUT2D eigenvalue weighted by atomic mass is 16.5. The summed E-state index contributed by atoms with van der Waals surface area (Å²) in [4.78, 5) is 20.1. The molecule has 1 aromatic carbocycles. The van der Waals surface area contributed by atoms with E-state index in [0.717, 1.165) is 23.4 Å². The fourth-order valence-corrected chi connectivity index (χ4v) is 2.48. The lowest BCUT2D eigenvalue weighted by Crippen LogP contribution is -2.25. The number of benzene rings is 1. The maximum atomic E-state index is 12.0. The van der Waals surface area contributed by atoms with Gasteiger partial charge in [0.25, 0.3) is 5.91 Å². The Labute approximate surface area is 134 Å². The molecule has 1 N–H and O–H groups in total. The summed E-state index contributed by atoms with van der Waals surface area (Å²) in [6.07, 6.45) is 3.93. The minimum Gasteiger partial charge on any atom is -0.483 e. The molecule has 1 aromatic heterocycles. The molecule has 0 fully saturated rings. The molecule has 1 aliphatic heterocycles. The Morgan fingerprint density at radius 3 is 2.91 bits per heavy atom. The molecule has 0 saturated heterocycles. The zero-order chi connectivity index (χ0) is 16.4. The van der Waals surface area contributed by atoms with Crippen LogP contribution < -0.4 is 14.8 Å². The van der Waals surface area contributed by atoms with E-state index in [0.29, 0.717) is 11.6 Å². The Morgan fingerprint density at radius 2 is 2.17 bits per heavy atom. The van der Waals surface area contributed by atoms with Crippen LogP contribution in [-0.4, -0.2) is 28.1 Å². The van der Waals surface area contributed by atoms with Crippen molar-refractivity contribution in [3.8, 4) is 11.5 Å². The number of nitrogens with one attached hydrogen (secondary N) is 1. The highest BCUT2D eigenvalue weighted by Crippen LogP contribution is 2.41. The first-order valence-corrected chi connectivity index (χ1v) is 7.45. The fourth-order valence-electron chi connectivity index (χ4n) is 2.48. The van der Waals surface area contributed by atoms with E-state index < -0.39 is 0 Å². The molecule has 2 aromatic rings. The molecule has 0 spiro atoms. The number of nitrogens with zero attached hydrogens (tertiary/aromatic N) is 2. The number of aromatic nitrogens is 2. The highest BCUT2D eigenvalue weighted by molar-refractivity contribution is 5.90. The van der Waals surface area contributed by atoms with Gasteiger partial charge in [-0.2, -0.15) is 0 Å². The molecule has 6 nitrogen and oxygen atoms in total. The summed E-state index contributed by atoms with van der Waals surface area (Å²) in [7, 11) is 0. The summed E-state index contributed by atoms with van der Waals surface area (Å²) in [5.41, 5.74) is 1.64. The largest absolute Gasteiger partial charge is 0.483 e. The third kappa shape index (κ3) is 3.59. The summed E-state index contributed by atoms with van der Waals surface area (Å²) in [5, 5.41) is 2.64. The number of fused-ring (bicyclic) bond motifs is 1. The molecule has 23 heavy (non-hydrogen) atoms. The van der Waals surface area contributed by atoms with E-state index in [9.17, 15) is 4.79 Å². The first kappa shape index (κ1) is 15.3. The first-order chi connectivity index (χ1) is 10.9. The van der Waals surface area contributed by atoms with Crippen LogP contribution in [0.3, 0.4) is 0 Å².